The Morgan fingerprint density at radius 2 is 2.27 bits per heavy atom. The SMILES string of the molecule is Cc1cc2ccc3c(n2n1)CCCC3C. The summed E-state index contributed by atoms with van der Waals surface area (Å²) in [5, 5.41) is 4.58. The summed E-state index contributed by atoms with van der Waals surface area (Å²) < 4.78 is 2.14. The fourth-order valence-corrected chi connectivity index (χ4v) is 2.68. The van der Waals surface area contributed by atoms with E-state index in [-0.39, 0.29) is 0 Å². The molecule has 2 aromatic rings. The molecule has 0 aliphatic heterocycles. The van der Waals surface area contributed by atoms with Gasteiger partial charge >= 0.3 is 0 Å². The van der Waals surface area contributed by atoms with Crippen molar-refractivity contribution in [3.8, 4) is 0 Å². The van der Waals surface area contributed by atoms with Crippen molar-refractivity contribution in [1.29, 1.82) is 0 Å². The van der Waals surface area contributed by atoms with E-state index in [1.165, 1.54) is 36.0 Å². The molecule has 2 aromatic heterocycles. The van der Waals surface area contributed by atoms with E-state index in [1.807, 2.05) is 0 Å². The van der Waals surface area contributed by atoms with Crippen LogP contribution in [0.5, 0.6) is 0 Å². The topological polar surface area (TPSA) is 17.3 Å². The standard InChI is InChI=1S/C13H16N2/c1-9-4-3-5-13-12(9)7-6-11-8-10(2)14-15(11)13/h6-9H,3-5H2,1-2H3. The summed E-state index contributed by atoms with van der Waals surface area (Å²) in [6.07, 6.45) is 3.79. The van der Waals surface area contributed by atoms with E-state index in [1.54, 1.807) is 0 Å². The third-order valence-corrected chi connectivity index (χ3v) is 3.46. The molecule has 0 aromatic carbocycles. The van der Waals surface area contributed by atoms with E-state index in [9.17, 15) is 0 Å². The smallest absolute Gasteiger partial charge is 0.0667 e. The lowest BCUT2D eigenvalue weighted by Crippen LogP contribution is -2.12. The minimum atomic E-state index is 0.697. The van der Waals surface area contributed by atoms with Crippen molar-refractivity contribution in [3.05, 3.63) is 35.2 Å². The molecule has 1 atom stereocenters. The summed E-state index contributed by atoms with van der Waals surface area (Å²) >= 11 is 0. The van der Waals surface area contributed by atoms with Crippen molar-refractivity contribution < 1.29 is 0 Å². The van der Waals surface area contributed by atoms with E-state index in [0.29, 0.717) is 5.92 Å². The number of aromatic nitrogens is 2. The number of rotatable bonds is 0. The quantitative estimate of drug-likeness (QED) is 0.638. The lowest BCUT2D eigenvalue weighted by atomic mass is 9.87. The molecule has 15 heavy (non-hydrogen) atoms. The van der Waals surface area contributed by atoms with Gasteiger partial charge in [0.2, 0.25) is 0 Å². The zero-order chi connectivity index (χ0) is 10.4. The summed E-state index contributed by atoms with van der Waals surface area (Å²) in [7, 11) is 0. The van der Waals surface area contributed by atoms with Crippen LogP contribution in [0.15, 0.2) is 18.2 Å². The molecule has 0 saturated carbocycles. The highest BCUT2D eigenvalue weighted by Crippen LogP contribution is 2.31. The van der Waals surface area contributed by atoms with E-state index in [0.717, 1.165) is 5.69 Å². The van der Waals surface area contributed by atoms with Crippen LogP contribution in [0.1, 0.15) is 42.6 Å². The average Bonchev–Trinajstić information content (AvgIpc) is 2.59. The van der Waals surface area contributed by atoms with Gasteiger partial charge in [-0.15, -0.1) is 0 Å². The summed E-state index contributed by atoms with van der Waals surface area (Å²) in [5.41, 5.74) is 5.28. The van der Waals surface area contributed by atoms with Gasteiger partial charge in [0, 0.05) is 5.69 Å². The van der Waals surface area contributed by atoms with Gasteiger partial charge in [-0.1, -0.05) is 13.0 Å². The average molecular weight is 200 g/mol. The molecule has 0 bridgehead atoms. The molecule has 0 N–H and O–H groups in total. The van der Waals surface area contributed by atoms with Crippen molar-refractivity contribution in [3.63, 3.8) is 0 Å². The molecule has 2 heteroatoms. The third kappa shape index (κ3) is 1.28. The maximum atomic E-state index is 4.58. The molecule has 0 radical (unpaired) electrons. The van der Waals surface area contributed by atoms with Crippen LogP contribution >= 0.6 is 0 Å². The molecule has 78 valence electrons. The van der Waals surface area contributed by atoms with Crippen molar-refractivity contribution in [2.45, 2.75) is 39.0 Å². The second-order valence-electron chi connectivity index (χ2n) is 4.65. The maximum Gasteiger partial charge on any atom is 0.0667 e. The molecule has 0 amide bonds. The molecule has 0 spiro atoms. The Morgan fingerprint density at radius 1 is 1.40 bits per heavy atom. The summed E-state index contributed by atoms with van der Waals surface area (Å²) in [6, 6.07) is 6.63. The van der Waals surface area contributed by atoms with Crippen LogP contribution in [0.4, 0.5) is 0 Å². The van der Waals surface area contributed by atoms with Crippen LogP contribution in [0.25, 0.3) is 5.52 Å². The number of pyridine rings is 1. The van der Waals surface area contributed by atoms with E-state index in [2.05, 4.69) is 41.7 Å². The molecule has 1 aliphatic rings. The maximum absolute atomic E-state index is 4.58. The van der Waals surface area contributed by atoms with Crippen molar-refractivity contribution in [2.75, 3.05) is 0 Å². The van der Waals surface area contributed by atoms with Gasteiger partial charge in [0.25, 0.3) is 0 Å². The Kier molecular flexibility index (Phi) is 1.84. The minimum Gasteiger partial charge on any atom is -0.237 e. The number of hydrogen-bond acceptors (Lipinski definition) is 1. The van der Waals surface area contributed by atoms with Crippen molar-refractivity contribution in [2.24, 2.45) is 0 Å². The predicted molar refractivity (Wildman–Crippen MR) is 61.3 cm³/mol. The van der Waals surface area contributed by atoms with Gasteiger partial charge in [-0.05, 0) is 49.8 Å². The molecule has 2 heterocycles. The zero-order valence-corrected chi connectivity index (χ0v) is 9.33. The molecule has 3 rings (SSSR count). The van der Waals surface area contributed by atoms with Crippen LogP contribution in [0.2, 0.25) is 0 Å². The Balaban J connectivity index is 2.32. The number of hydrogen-bond donors (Lipinski definition) is 0. The number of nitrogens with zero attached hydrogens (tertiary/aromatic N) is 2. The largest absolute Gasteiger partial charge is 0.237 e. The second kappa shape index (κ2) is 3.09. The first-order chi connectivity index (χ1) is 7.25. The molecule has 1 aliphatic carbocycles. The van der Waals surface area contributed by atoms with Gasteiger partial charge in [0.1, 0.15) is 0 Å². The first-order valence-electron chi connectivity index (χ1n) is 5.74. The van der Waals surface area contributed by atoms with Crippen LogP contribution in [-0.2, 0) is 6.42 Å². The van der Waals surface area contributed by atoms with E-state index >= 15 is 0 Å². The van der Waals surface area contributed by atoms with Crippen LogP contribution in [0, 0.1) is 6.92 Å². The Bertz CT molecular complexity index is 510. The fourth-order valence-electron chi connectivity index (χ4n) is 2.68. The van der Waals surface area contributed by atoms with Crippen LogP contribution in [-0.4, -0.2) is 9.61 Å². The Morgan fingerprint density at radius 3 is 3.13 bits per heavy atom. The number of fused-ring (bicyclic) bond motifs is 3. The second-order valence-corrected chi connectivity index (χ2v) is 4.65. The highest BCUT2D eigenvalue weighted by molar-refractivity contribution is 5.51. The molecule has 2 nitrogen and oxygen atoms in total. The van der Waals surface area contributed by atoms with Gasteiger partial charge in [0.05, 0.1) is 11.2 Å². The predicted octanol–water partition coefficient (Wildman–Crippen LogP) is 3.08. The van der Waals surface area contributed by atoms with Crippen molar-refractivity contribution in [1.82, 2.24) is 9.61 Å². The lowest BCUT2D eigenvalue weighted by molar-refractivity contribution is 0.566. The normalized spacial score (nSPS) is 20.5. The minimum absolute atomic E-state index is 0.697. The summed E-state index contributed by atoms with van der Waals surface area (Å²) in [5.74, 6) is 0.697. The Labute approximate surface area is 89.9 Å². The zero-order valence-electron chi connectivity index (χ0n) is 9.33. The Hall–Kier alpha value is -1.31. The van der Waals surface area contributed by atoms with Crippen LogP contribution < -0.4 is 0 Å². The summed E-state index contributed by atoms with van der Waals surface area (Å²) in [6.45, 7) is 4.38. The molecule has 0 saturated heterocycles. The first-order valence-corrected chi connectivity index (χ1v) is 5.74. The number of aryl methyl sites for hydroxylation is 2. The third-order valence-electron chi connectivity index (χ3n) is 3.46. The van der Waals surface area contributed by atoms with Gasteiger partial charge in [-0.3, -0.25) is 0 Å². The molecule has 1 unspecified atom stereocenters. The van der Waals surface area contributed by atoms with E-state index < -0.39 is 0 Å². The van der Waals surface area contributed by atoms with Gasteiger partial charge in [0.15, 0.2) is 0 Å². The van der Waals surface area contributed by atoms with Gasteiger partial charge < -0.3 is 0 Å². The summed E-state index contributed by atoms with van der Waals surface area (Å²) in [4.78, 5) is 0. The molecular formula is C13H16N2. The highest BCUT2D eigenvalue weighted by atomic mass is 15.2. The molecular weight excluding hydrogens is 184 g/mol. The lowest BCUT2D eigenvalue weighted by Gasteiger charge is -2.22. The fraction of sp³-hybridized carbons (Fsp3) is 0.462. The van der Waals surface area contributed by atoms with Gasteiger partial charge in [-0.2, -0.15) is 5.10 Å². The van der Waals surface area contributed by atoms with Crippen LogP contribution in [0.3, 0.4) is 0 Å². The van der Waals surface area contributed by atoms with Gasteiger partial charge in [-0.25, -0.2) is 4.52 Å². The first kappa shape index (κ1) is 8.96. The van der Waals surface area contributed by atoms with Crippen molar-refractivity contribution >= 4 is 5.52 Å². The van der Waals surface area contributed by atoms with E-state index in [4.69, 9.17) is 0 Å². The highest BCUT2D eigenvalue weighted by Gasteiger charge is 2.19. The monoisotopic (exact) mass is 200 g/mol. The molecule has 0 fully saturated rings.